The number of Topliss-reactive ketones (excluding diaryl/α,β-unsaturated/α-hetero) is 1. The highest BCUT2D eigenvalue weighted by molar-refractivity contribution is 6.07. The Bertz CT molecular complexity index is 1190. The van der Waals surface area contributed by atoms with Crippen molar-refractivity contribution in [3.05, 3.63) is 62.6 Å². The number of benzene rings is 1. The summed E-state index contributed by atoms with van der Waals surface area (Å²) in [6.45, 7) is 8.61. The Balaban J connectivity index is 1.55. The van der Waals surface area contributed by atoms with E-state index in [1.165, 1.54) is 6.07 Å². The summed E-state index contributed by atoms with van der Waals surface area (Å²) >= 11 is 0. The molecule has 1 unspecified atom stereocenters. The third kappa shape index (κ3) is 4.63. The fourth-order valence-corrected chi connectivity index (χ4v) is 4.89. The summed E-state index contributed by atoms with van der Waals surface area (Å²) < 4.78 is 0. The number of nitrogens with zero attached hydrogens (tertiary/aromatic N) is 1. The maximum absolute atomic E-state index is 12.9. The van der Waals surface area contributed by atoms with E-state index in [2.05, 4.69) is 17.2 Å². The Morgan fingerprint density at radius 1 is 1.12 bits per heavy atom. The van der Waals surface area contributed by atoms with Crippen LogP contribution in [0.2, 0.25) is 0 Å². The van der Waals surface area contributed by atoms with Crippen molar-refractivity contribution in [3.8, 4) is 0 Å². The van der Waals surface area contributed by atoms with Crippen LogP contribution in [0.25, 0.3) is 0 Å². The standard InChI is InChI=1S/C26H31N3O4/c1-15-11-17(25(33)29-10-6-5-7-16(29)2)8-9-20(15)27-23(31)19-12-18-21(28-24(19)32)13-26(3,4)14-22(18)30/h8-9,11-12,16H,5-7,10,13-14H2,1-4H3,(H,27,31)(H,28,32). The van der Waals surface area contributed by atoms with E-state index in [0.717, 1.165) is 31.4 Å². The lowest BCUT2D eigenvalue weighted by Gasteiger charge is -2.33. The van der Waals surface area contributed by atoms with Crippen molar-refractivity contribution < 1.29 is 14.4 Å². The van der Waals surface area contributed by atoms with Crippen molar-refractivity contribution in [2.45, 2.75) is 65.8 Å². The van der Waals surface area contributed by atoms with Gasteiger partial charge in [-0.3, -0.25) is 19.2 Å². The summed E-state index contributed by atoms with van der Waals surface area (Å²) in [5, 5.41) is 2.76. The Hall–Kier alpha value is -3.22. The van der Waals surface area contributed by atoms with Crippen molar-refractivity contribution in [3.63, 3.8) is 0 Å². The molecular formula is C26H31N3O4. The van der Waals surface area contributed by atoms with E-state index < -0.39 is 11.5 Å². The molecule has 2 amide bonds. The SMILES string of the molecule is Cc1cc(C(=O)N2CCCCC2C)ccc1NC(=O)c1cc2c([nH]c1=O)CC(C)(C)CC2=O. The van der Waals surface area contributed by atoms with Crippen molar-refractivity contribution in [1.82, 2.24) is 9.88 Å². The first kappa shape index (κ1) is 23.0. The Kier molecular flexibility index (Phi) is 5.99. The van der Waals surface area contributed by atoms with E-state index in [4.69, 9.17) is 0 Å². The van der Waals surface area contributed by atoms with Crippen LogP contribution in [0.1, 0.15) is 88.8 Å². The molecule has 1 aliphatic heterocycles. The minimum Gasteiger partial charge on any atom is -0.336 e. The molecule has 2 aromatic rings. The molecule has 0 bridgehead atoms. The number of H-pyrrole nitrogens is 1. The van der Waals surface area contributed by atoms with Gasteiger partial charge in [-0.15, -0.1) is 0 Å². The lowest BCUT2D eigenvalue weighted by atomic mass is 9.75. The molecule has 1 aromatic heterocycles. The zero-order chi connectivity index (χ0) is 23.9. The molecule has 1 aliphatic carbocycles. The monoisotopic (exact) mass is 449 g/mol. The Morgan fingerprint density at radius 2 is 1.88 bits per heavy atom. The number of anilines is 1. The summed E-state index contributed by atoms with van der Waals surface area (Å²) in [4.78, 5) is 55.6. The minimum atomic E-state index is -0.580. The van der Waals surface area contributed by atoms with Gasteiger partial charge in [-0.2, -0.15) is 0 Å². The first-order valence-corrected chi connectivity index (χ1v) is 11.6. The van der Waals surface area contributed by atoms with Crippen LogP contribution in [0.3, 0.4) is 0 Å². The quantitative estimate of drug-likeness (QED) is 0.737. The average molecular weight is 450 g/mol. The number of aromatic nitrogens is 1. The number of fused-ring (bicyclic) bond motifs is 1. The highest BCUT2D eigenvalue weighted by Gasteiger charge is 2.33. The lowest BCUT2D eigenvalue weighted by molar-refractivity contribution is 0.0635. The number of hydrogen-bond donors (Lipinski definition) is 2. The second-order valence-electron chi connectivity index (χ2n) is 10.2. The van der Waals surface area contributed by atoms with Crippen molar-refractivity contribution in [1.29, 1.82) is 0 Å². The van der Waals surface area contributed by atoms with Crippen LogP contribution in [0.5, 0.6) is 0 Å². The topological polar surface area (TPSA) is 99.3 Å². The third-order valence-corrected chi connectivity index (χ3v) is 6.75. The van der Waals surface area contributed by atoms with Crippen molar-refractivity contribution in [2.24, 2.45) is 5.41 Å². The summed E-state index contributed by atoms with van der Waals surface area (Å²) in [5.74, 6) is -0.656. The third-order valence-electron chi connectivity index (χ3n) is 6.75. The minimum absolute atomic E-state index is 0.00394. The average Bonchev–Trinajstić information content (AvgIpc) is 2.73. The number of rotatable bonds is 3. The number of aromatic amines is 1. The van der Waals surface area contributed by atoms with Crippen molar-refractivity contribution in [2.75, 3.05) is 11.9 Å². The fourth-order valence-electron chi connectivity index (χ4n) is 4.89. The van der Waals surface area contributed by atoms with E-state index in [-0.39, 0.29) is 28.7 Å². The van der Waals surface area contributed by atoms with Crippen LogP contribution in [0, 0.1) is 12.3 Å². The van der Waals surface area contributed by atoms with Gasteiger partial charge in [-0.05, 0) is 74.8 Å². The molecule has 174 valence electrons. The Morgan fingerprint density at radius 3 is 2.58 bits per heavy atom. The van der Waals surface area contributed by atoms with Gasteiger partial charge in [0.15, 0.2) is 5.78 Å². The van der Waals surface area contributed by atoms with Gasteiger partial charge in [0, 0.05) is 41.5 Å². The fraction of sp³-hybridized carbons (Fsp3) is 0.462. The number of aryl methyl sites for hydroxylation is 1. The number of carbonyl (C=O) groups is 3. The molecule has 7 nitrogen and oxygen atoms in total. The molecule has 2 heterocycles. The van der Waals surface area contributed by atoms with Gasteiger partial charge in [0.05, 0.1) is 0 Å². The highest BCUT2D eigenvalue weighted by atomic mass is 16.2. The molecule has 7 heteroatoms. The van der Waals surface area contributed by atoms with Gasteiger partial charge < -0.3 is 15.2 Å². The summed E-state index contributed by atoms with van der Waals surface area (Å²) in [6, 6.07) is 6.79. The van der Waals surface area contributed by atoms with Gasteiger partial charge in [0.2, 0.25) is 0 Å². The Labute approximate surface area is 193 Å². The smallest absolute Gasteiger partial charge is 0.261 e. The summed E-state index contributed by atoms with van der Waals surface area (Å²) in [7, 11) is 0. The number of pyridine rings is 1. The maximum Gasteiger partial charge on any atom is 0.261 e. The molecule has 2 aliphatic rings. The van der Waals surface area contributed by atoms with Gasteiger partial charge in [-0.25, -0.2) is 0 Å². The molecule has 0 spiro atoms. The summed E-state index contributed by atoms with van der Waals surface area (Å²) in [5.41, 5.74) is 2.00. The maximum atomic E-state index is 12.9. The van der Waals surface area contributed by atoms with Gasteiger partial charge >= 0.3 is 0 Å². The van der Waals surface area contributed by atoms with Crippen LogP contribution in [-0.2, 0) is 6.42 Å². The highest BCUT2D eigenvalue weighted by Crippen LogP contribution is 2.33. The molecule has 1 fully saturated rings. The van der Waals surface area contributed by atoms with Crippen LogP contribution >= 0.6 is 0 Å². The van der Waals surface area contributed by atoms with Gasteiger partial charge in [0.1, 0.15) is 5.56 Å². The second kappa shape index (κ2) is 8.61. The number of amides is 2. The van der Waals surface area contributed by atoms with Gasteiger partial charge in [0.25, 0.3) is 17.4 Å². The normalized spacial score (nSPS) is 19.7. The second-order valence-corrected chi connectivity index (χ2v) is 10.2. The molecule has 0 saturated carbocycles. The van der Waals surface area contributed by atoms with Crippen molar-refractivity contribution >= 4 is 23.3 Å². The molecular weight excluding hydrogens is 418 g/mol. The molecule has 1 saturated heterocycles. The van der Waals surface area contributed by atoms with Crippen LogP contribution in [-0.4, -0.2) is 40.1 Å². The zero-order valence-corrected chi connectivity index (χ0v) is 19.7. The molecule has 2 N–H and O–H groups in total. The van der Waals surface area contributed by atoms with E-state index >= 15 is 0 Å². The number of carbonyl (C=O) groups excluding carboxylic acids is 3. The number of ketones is 1. The molecule has 1 atom stereocenters. The molecule has 4 rings (SSSR count). The van der Waals surface area contributed by atoms with E-state index in [9.17, 15) is 19.2 Å². The molecule has 33 heavy (non-hydrogen) atoms. The first-order valence-electron chi connectivity index (χ1n) is 11.6. The van der Waals surface area contributed by atoms with Crippen LogP contribution < -0.4 is 10.9 Å². The largest absolute Gasteiger partial charge is 0.336 e. The summed E-state index contributed by atoms with van der Waals surface area (Å²) in [6.07, 6.45) is 4.11. The number of nitrogens with one attached hydrogen (secondary N) is 2. The predicted octanol–water partition coefficient (Wildman–Crippen LogP) is 4.11. The van der Waals surface area contributed by atoms with E-state index in [0.29, 0.717) is 35.3 Å². The first-order chi connectivity index (χ1) is 15.6. The van der Waals surface area contributed by atoms with Gasteiger partial charge in [-0.1, -0.05) is 13.8 Å². The van der Waals surface area contributed by atoms with Crippen LogP contribution in [0.15, 0.2) is 29.1 Å². The zero-order valence-electron chi connectivity index (χ0n) is 19.7. The predicted molar refractivity (Wildman–Crippen MR) is 127 cm³/mol. The molecule has 1 aromatic carbocycles. The van der Waals surface area contributed by atoms with E-state index in [1.807, 2.05) is 25.7 Å². The van der Waals surface area contributed by atoms with Crippen LogP contribution in [0.4, 0.5) is 5.69 Å². The lowest BCUT2D eigenvalue weighted by Crippen LogP contribution is -2.42. The van der Waals surface area contributed by atoms with E-state index in [1.54, 1.807) is 18.2 Å². The number of likely N-dealkylation sites (tertiary alicyclic amines) is 1. The number of hydrogen-bond acceptors (Lipinski definition) is 4. The number of piperidine rings is 1. The molecule has 0 radical (unpaired) electrons.